The Morgan fingerprint density at radius 1 is 1.11 bits per heavy atom. The highest BCUT2D eigenvalue weighted by molar-refractivity contribution is 8.06. The number of Topliss-reactive ketones (excluding diaryl/α,β-unsaturated/α-hetero) is 1. The van der Waals surface area contributed by atoms with E-state index in [-0.39, 0.29) is 22.7 Å². The Bertz CT molecular complexity index is 924. The molecule has 1 aromatic rings. The van der Waals surface area contributed by atoms with Crippen LogP contribution in [0.25, 0.3) is 5.57 Å². The lowest BCUT2D eigenvalue weighted by atomic mass is 9.63. The van der Waals surface area contributed by atoms with E-state index < -0.39 is 6.10 Å². The van der Waals surface area contributed by atoms with Crippen LogP contribution >= 0.6 is 11.8 Å². The number of nitrogens with one attached hydrogen (secondary N) is 1. The first kappa shape index (κ1) is 30.9. The van der Waals surface area contributed by atoms with Gasteiger partial charge in [0.2, 0.25) is 0 Å². The van der Waals surface area contributed by atoms with Gasteiger partial charge in [0.05, 0.1) is 12.1 Å². The standard InChI is InChI=1S/C26H40S.C6H11NO2/c1-9-11-21(12-10-2)20(4)27-18-19(3)22-13-14-23-24(17-22)26(7,8)16-15-25(23,5)6;1-4(8)6-5(9)2-3-7-6/h13-14,17-18,21H,4,9-12,15-16H2,1-3,5-8H3;5-7,9H,2-3H2,1H3/b19-18+;/t;5?,6-/m.1/s1. The number of aliphatic hydroxyl groups excluding tert-OH is 1. The van der Waals surface area contributed by atoms with E-state index in [4.69, 9.17) is 5.11 Å². The average molecular weight is 514 g/mol. The Labute approximate surface area is 225 Å². The van der Waals surface area contributed by atoms with Crippen LogP contribution in [-0.4, -0.2) is 29.6 Å². The molecule has 2 atom stereocenters. The molecule has 2 N–H and O–H groups in total. The number of carbonyl (C=O) groups excluding carboxylic acids is 1. The predicted octanol–water partition coefficient (Wildman–Crippen LogP) is 8.16. The van der Waals surface area contributed by atoms with Gasteiger partial charge < -0.3 is 10.4 Å². The lowest BCUT2D eigenvalue weighted by molar-refractivity contribution is -0.120. The zero-order valence-electron chi connectivity index (χ0n) is 24.2. The largest absolute Gasteiger partial charge is 0.391 e. The highest BCUT2D eigenvalue weighted by atomic mass is 32.2. The van der Waals surface area contributed by atoms with Crippen LogP contribution in [0.1, 0.15) is 117 Å². The van der Waals surface area contributed by atoms with E-state index in [2.05, 4.69) is 84.0 Å². The minimum Gasteiger partial charge on any atom is -0.391 e. The van der Waals surface area contributed by atoms with Crippen molar-refractivity contribution in [1.82, 2.24) is 5.32 Å². The van der Waals surface area contributed by atoms with Crippen molar-refractivity contribution in [1.29, 1.82) is 0 Å². The number of thioether (sulfide) groups is 1. The molecule has 202 valence electrons. The van der Waals surface area contributed by atoms with Crippen molar-refractivity contribution in [3.8, 4) is 0 Å². The number of hydrogen-bond donors (Lipinski definition) is 2. The first-order valence-electron chi connectivity index (χ1n) is 13.9. The molecule has 0 amide bonds. The molecule has 2 aliphatic rings. The van der Waals surface area contributed by atoms with Gasteiger partial charge in [0.15, 0.2) is 0 Å². The van der Waals surface area contributed by atoms with E-state index in [1.54, 1.807) is 11.1 Å². The fraction of sp³-hybridized carbons (Fsp3) is 0.656. The van der Waals surface area contributed by atoms with Crippen LogP contribution in [0.15, 0.2) is 35.1 Å². The first-order chi connectivity index (χ1) is 16.8. The average Bonchev–Trinajstić information content (AvgIpc) is 3.26. The van der Waals surface area contributed by atoms with Crippen LogP contribution in [0.3, 0.4) is 0 Å². The molecular formula is C32H51NO2S. The summed E-state index contributed by atoms with van der Waals surface area (Å²) in [6, 6.07) is 6.87. The smallest absolute Gasteiger partial charge is 0.149 e. The van der Waals surface area contributed by atoms with Crippen LogP contribution < -0.4 is 5.32 Å². The lowest BCUT2D eigenvalue weighted by Gasteiger charge is -2.42. The molecule has 1 aromatic carbocycles. The molecule has 4 heteroatoms. The second kappa shape index (κ2) is 13.4. The number of aliphatic hydroxyl groups is 1. The summed E-state index contributed by atoms with van der Waals surface area (Å²) in [7, 11) is 0. The maximum Gasteiger partial charge on any atom is 0.149 e. The summed E-state index contributed by atoms with van der Waals surface area (Å²) in [4.78, 5) is 12.0. The normalized spacial score (nSPS) is 22.6. The molecule has 3 rings (SSSR count). The van der Waals surface area contributed by atoms with Crippen molar-refractivity contribution in [2.45, 2.75) is 123 Å². The van der Waals surface area contributed by atoms with Crippen molar-refractivity contribution in [2.75, 3.05) is 6.54 Å². The number of allylic oxidation sites excluding steroid dienone is 2. The monoisotopic (exact) mass is 513 g/mol. The summed E-state index contributed by atoms with van der Waals surface area (Å²) >= 11 is 1.85. The Morgan fingerprint density at radius 3 is 2.17 bits per heavy atom. The zero-order chi connectivity index (χ0) is 27.1. The summed E-state index contributed by atoms with van der Waals surface area (Å²) in [5.41, 5.74) is 6.36. The molecule has 0 spiro atoms. The van der Waals surface area contributed by atoms with E-state index in [0.717, 1.165) is 6.54 Å². The molecule has 0 aromatic heterocycles. The Morgan fingerprint density at radius 2 is 1.69 bits per heavy atom. The van der Waals surface area contributed by atoms with Gasteiger partial charge in [-0.3, -0.25) is 4.79 Å². The van der Waals surface area contributed by atoms with Crippen molar-refractivity contribution in [3.63, 3.8) is 0 Å². The maximum atomic E-state index is 10.6. The quantitative estimate of drug-likeness (QED) is 0.350. The second-order valence-corrected chi connectivity index (χ2v) is 13.1. The molecule has 36 heavy (non-hydrogen) atoms. The molecule has 1 saturated heterocycles. The van der Waals surface area contributed by atoms with Gasteiger partial charge in [-0.15, -0.1) is 11.8 Å². The summed E-state index contributed by atoms with van der Waals surface area (Å²) < 4.78 is 0. The van der Waals surface area contributed by atoms with E-state index in [1.807, 2.05) is 11.8 Å². The topological polar surface area (TPSA) is 49.3 Å². The fourth-order valence-corrected chi connectivity index (χ4v) is 6.32. The number of benzene rings is 1. The van der Waals surface area contributed by atoms with Gasteiger partial charge in [-0.2, -0.15) is 0 Å². The lowest BCUT2D eigenvalue weighted by Crippen LogP contribution is -2.36. The third kappa shape index (κ3) is 8.07. The summed E-state index contributed by atoms with van der Waals surface area (Å²) in [6.07, 6.45) is 7.77. The van der Waals surface area contributed by atoms with Gasteiger partial charge in [-0.25, -0.2) is 0 Å². The van der Waals surface area contributed by atoms with E-state index in [1.165, 1.54) is 61.5 Å². The number of carbonyl (C=O) groups is 1. The summed E-state index contributed by atoms with van der Waals surface area (Å²) in [5, 5.41) is 14.3. The van der Waals surface area contributed by atoms with Gasteiger partial charge in [0, 0.05) is 0 Å². The highest BCUT2D eigenvalue weighted by Gasteiger charge is 2.37. The van der Waals surface area contributed by atoms with Crippen LogP contribution in [-0.2, 0) is 15.6 Å². The van der Waals surface area contributed by atoms with Crippen LogP contribution in [0.5, 0.6) is 0 Å². The molecular weight excluding hydrogens is 462 g/mol. The molecule has 1 unspecified atom stereocenters. The second-order valence-electron chi connectivity index (χ2n) is 12.1. The van der Waals surface area contributed by atoms with E-state index in [9.17, 15) is 4.79 Å². The third-order valence-corrected chi connectivity index (χ3v) is 9.16. The third-order valence-electron chi connectivity index (χ3n) is 8.05. The molecule has 0 radical (unpaired) electrons. The van der Waals surface area contributed by atoms with Gasteiger partial charge in [-0.05, 0) is 102 Å². The number of rotatable bonds is 9. The first-order valence-corrected chi connectivity index (χ1v) is 14.8. The van der Waals surface area contributed by atoms with E-state index in [0.29, 0.717) is 12.3 Å². The van der Waals surface area contributed by atoms with Gasteiger partial charge in [0.25, 0.3) is 0 Å². The number of fused-ring (bicyclic) bond motifs is 1. The molecule has 0 bridgehead atoms. The molecule has 3 nitrogen and oxygen atoms in total. The van der Waals surface area contributed by atoms with E-state index >= 15 is 0 Å². The zero-order valence-corrected chi connectivity index (χ0v) is 25.0. The van der Waals surface area contributed by atoms with Crippen LogP contribution in [0.2, 0.25) is 0 Å². The van der Waals surface area contributed by atoms with Gasteiger partial charge in [-0.1, -0.05) is 79.2 Å². The maximum absolute atomic E-state index is 10.6. The molecule has 1 fully saturated rings. The van der Waals surface area contributed by atoms with Gasteiger partial charge in [0.1, 0.15) is 5.78 Å². The minimum absolute atomic E-state index is 0.0278. The summed E-state index contributed by atoms with van der Waals surface area (Å²) in [5.74, 6) is 0.678. The Balaban J connectivity index is 0.000000425. The Kier molecular flexibility index (Phi) is 11.5. The Hall–Kier alpha value is -1.36. The van der Waals surface area contributed by atoms with Crippen LogP contribution in [0, 0.1) is 5.92 Å². The van der Waals surface area contributed by atoms with Crippen molar-refractivity contribution in [3.05, 3.63) is 51.8 Å². The van der Waals surface area contributed by atoms with Crippen molar-refractivity contribution >= 4 is 23.1 Å². The van der Waals surface area contributed by atoms with Crippen molar-refractivity contribution in [2.24, 2.45) is 5.92 Å². The van der Waals surface area contributed by atoms with Gasteiger partial charge >= 0.3 is 0 Å². The number of hydrogen-bond acceptors (Lipinski definition) is 4. The molecule has 1 heterocycles. The van der Waals surface area contributed by atoms with Crippen molar-refractivity contribution < 1.29 is 9.90 Å². The molecule has 1 aliphatic heterocycles. The SMILES string of the molecule is C=C(S/C=C(\C)c1ccc2c(c1)C(C)(C)CCC2(C)C)C(CCC)CCC.CC(=O)[C@H]1NCCC1O. The number of ketones is 1. The summed E-state index contributed by atoms with van der Waals surface area (Å²) in [6.45, 7) is 23.0. The fourth-order valence-electron chi connectivity index (χ4n) is 5.43. The minimum atomic E-state index is -0.456. The molecule has 0 saturated carbocycles. The highest BCUT2D eigenvalue weighted by Crippen LogP contribution is 2.46. The molecule has 1 aliphatic carbocycles. The van der Waals surface area contributed by atoms with Crippen LogP contribution in [0.4, 0.5) is 0 Å². The predicted molar refractivity (Wildman–Crippen MR) is 159 cm³/mol.